The Morgan fingerprint density at radius 3 is 2.59 bits per heavy atom. The number of carbonyl (C=O) groups is 3. The zero-order valence-corrected chi connectivity index (χ0v) is 16.9. The summed E-state index contributed by atoms with van der Waals surface area (Å²) in [6.45, 7) is 1.93. The Morgan fingerprint density at radius 2 is 1.86 bits per heavy atom. The highest BCUT2D eigenvalue weighted by atomic mass is 32.1. The maximum Gasteiger partial charge on any atom is 0.313 e. The van der Waals surface area contributed by atoms with Crippen molar-refractivity contribution >= 4 is 60.8 Å². The van der Waals surface area contributed by atoms with E-state index in [0.717, 1.165) is 30.2 Å². The summed E-state index contributed by atoms with van der Waals surface area (Å²) < 4.78 is 7.55. The standard InChI is InChI=1S/C21H14N2O4S2/c1-11-22-18-16(29-11)10-15(14-7-9-28-19(14)18)27-17(24)6-8-23-20(25)12-4-2-3-5-13(12)21(23)26/h2-5,7,9-10H,6,8H2,1H3. The molecule has 2 aromatic carbocycles. The van der Waals surface area contributed by atoms with Crippen molar-refractivity contribution in [1.82, 2.24) is 9.88 Å². The molecule has 0 radical (unpaired) electrons. The van der Waals surface area contributed by atoms with E-state index < -0.39 is 5.97 Å². The van der Waals surface area contributed by atoms with Crippen LogP contribution in [0.2, 0.25) is 0 Å². The summed E-state index contributed by atoms with van der Waals surface area (Å²) in [6, 6.07) is 10.4. The maximum absolute atomic E-state index is 12.5. The number of amides is 2. The molecule has 1 aliphatic rings. The van der Waals surface area contributed by atoms with E-state index in [-0.39, 0.29) is 24.8 Å². The summed E-state index contributed by atoms with van der Waals surface area (Å²) in [5, 5.41) is 3.72. The van der Waals surface area contributed by atoms with Gasteiger partial charge in [0.25, 0.3) is 11.8 Å². The highest BCUT2D eigenvalue weighted by molar-refractivity contribution is 7.21. The molecule has 0 N–H and O–H groups in total. The number of benzene rings is 2. The average molecular weight is 422 g/mol. The predicted molar refractivity (Wildman–Crippen MR) is 112 cm³/mol. The lowest BCUT2D eigenvalue weighted by Gasteiger charge is -2.13. The molecule has 0 fully saturated rings. The normalized spacial score (nSPS) is 13.5. The third-order valence-electron chi connectivity index (χ3n) is 4.81. The number of esters is 1. The first-order valence-corrected chi connectivity index (χ1v) is 10.7. The molecule has 4 aromatic rings. The van der Waals surface area contributed by atoms with Crippen molar-refractivity contribution in [3.8, 4) is 5.75 Å². The van der Waals surface area contributed by atoms with Crippen molar-refractivity contribution < 1.29 is 19.1 Å². The van der Waals surface area contributed by atoms with Crippen LogP contribution in [-0.4, -0.2) is 34.2 Å². The molecule has 2 amide bonds. The lowest BCUT2D eigenvalue weighted by atomic mass is 10.1. The second kappa shape index (κ2) is 6.75. The van der Waals surface area contributed by atoms with E-state index in [4.69, 9.17) is 4.74 Å². The van der Waals surface area contributed by atoms with Gasteiger partial charge in [-0.2, -0.15) is 0 Å². The largest absolute Gasteiger partial charge is 0.426 e. The first kappa shape index (κ1) is 18.0. The SMILES string of the molecule is Cc1nc2c(cc(OC(=O)CCN3C(=O)c4ccccc4C3=O)c3ccsc32)s1. The Hall–Kier alpha value is -3.10. The van der Waals surface area contributed by atoms with E-state index in [1.54, 1.807) is 46.9 Å². The number of hydrogen-bond donors (Lipinski definition) is 0. The first-order chi connectivity index (χ1) is 14.0. The minimum absolute atomic E-state index is 0.0140. The fourth-order valence-corrected chi connectivity index (χ4v) is 5.32. The molecule has 29 heavy (non-hydrogen) atoms. The molecule has 6 nitrogen and oxygen atoms in total. The van der Waals surface area contributed by atoms with Crippen LogP contribution in [-0.2, 0) is 4.79 Å². The van der Waals surface area contributed by atoms with E-state index in [2.05, 4.69) is 4.98 Å². The lowest BCUT2D eigenvalue weighted by Crippen LogP contribution is -2.32. The summed E-state index contributed by atoms with van der Waals surface area (Å²) >= 11 is 3.10. The Kier molecular flexibility index (Phi) is 4.18. The van der Waals surface area contributed by atoms with Crippen LogP contribution >= 0.6 is 22.7 Å². The molecule has 8 heteroatoms. The third-order valence-corrected chi connectivity index (χ3v) is 6.65. The zero-order chi connectivity index (χ0) is 20.1. The molecule has 0 unspecified atom stereocenters. The molecular weight excluding hydrogens is 408 g/mol. The number of ether oxygens (including phenoxy) is 1. The highest BCUT2D eigenvalue weighted by Gasteiger charge is 2.35. The van der Waals surface area contributed by atoms with E-state index in [9.17, 15) is 14.4 Å². The van der Waals surface area contributed by atoms with E-state index in [0.29, 0.717) is 16.9 Å². The number of carbonyl (C=O) groups excluding carboxylic acids is 3. The number of nitrogens with zero attached hydrogens (tertiary/aromatic N) is 2. The van der Waals surface area contributed by atoms with Gasteiger partial charge in [-0.25, -0.2) is 4.98 Å². The van der Waals surface area contributed by atoms with Gasteiger partial charge in [0.2, 0.25) is 0 Å². The topological polar surface area (TPSA) is 76.6 Å². The predicted octanol–water partition coefficient (Wildman–Crippen LogP) is 4.41. The minimum Gasteiger partial charge on any atom is -0.426 e. The number of aryl methyl sites for hydroxylation is 1. The number of aromatic nitrogens is 1. The molecule has 144 valence electrons. The van der Waals surface area contributed by atoms with Gasteiger partial charge in [-0.05, 0) is 30.5 Å². The van der Waals surface area contributed by atoms with Crippen LogP contribution in [0, 0.1) is 6.92 Å². The van der Waals surface area contributed by atoms with Crippen LogP contribution in [0.4, 0.5) is 0 Å². The molecule has 2 aromatic heterocycles. The Morgan fingerprint density at radius 1 is 1.14 bits per heavy atom. The van der Waals surface area contributed by atoms with Crippen molar-refractivity contribution in [2.45, 2.75) is 13.3 Å². The summed E-state index contributed by atoms with van der Waals surface area (Å²) in [4.78, 5) is 43.0. The van der Waals surface area contributed by atoms with Crippen LogP contribution in [0.5, 0.6) is 5.75 Å². The first-order valence-electron chi connectivity index (χ1n) is 8.96. The molecule has 3 heterocycles. The highest BCUT2D eigenvalue weighted by Crippen LogP contribution is 2.39. The van der Waals surface area contributed by atoms with Crippen LogP contribution in [0.1, 0.15) is 32.1 Å². The summed E-state index contributed by atoms with van der Waals surface area (Å²) in [5.41, 5.74) is 1.66. The average Bonchev–Trinajstić information content (AvgIpc) is 3.38. The van der Waals surface area contributed by atoms with Gasteiger partial charge in [0, 0.05) is 18.0 Å². The van der Waals surface area contributed by atoms with Gasteiger partial charge in [0.1, 0.15) is 5.75 Å². The molecule has 0 saturated heterocycles. The monoisotopic (exact) mass is 422 g/mol. The Bertz CT molecular complexity index is 1290. The molecule has 5 rings (SSSR count). The smallest absolute Gasteiger partial charge is 0.313 e. The summed E-state index contributed by atoms with van der Waals surface area (Å²) in [5.74, 6) is -0.764. The minimum atomic E-state index is -0.491. The quantitative estimate of drug-likeness (QED) is 0.277. The molecule has 0 atom stereocenters. The van der Waals surface area contributed by atoms with Crippen molar-refractivity contribution in [2.24, 2.45) is 0 Å². The number of imide groups is 1. The zero-order valence-electron chi connectivity index (χ0n) is 15.3. The van der Waals surface area contributed by atoms with Gasteiger partial charge < -0.3 is 4.74 Å². The van der Waals surface area contributed by atoms with Crippen molar-refractivity contribution in [2.75, 3.05) is 6.54 Å². The van der Waals surface area contributed by atoms with Crippen LogP contribution < -0.4 is 4.74 Å². The number of thiophene rings is 1. The van der Waals surface area contributed by atoms with Gasteiger partial charge in [-0.15, -0.1) is 22.7 Å². The van der Waals surface area contributed by atoms with E-state index in [1.807, 2.05) is 24.4 Å². The number of rotatable bonds is 4. The lowest BCUT2D eigenvalue weighted by molar-refractivity contribution is -0.134. The third kappa shape index (κ3) is 2.92. The molecular formula is C21H14N2O4S2. The van der Waals surface area contributed by atoms with Crippen LogP contribution in [0.3, 0.4) is 0 Å². The summed E-state index contributed by atoms with van der Waals surface area (Å²) in [6.07, 6.45) is -0.0726. The maximum atomic E-state index is 12.5. The van der Waals surface area contributed by atoms with Gasteiger partial charge >= 0.3 is 5.97 Å². The van der Waals surface area contributed by atoms with Gasteiger partial charge in [-0.1, -0.05) is 12.1 Å². The van der Waals surface area contributed by atoms with Gasteiger partial charge in [0.15, 0.2) is 0 Å². The molecule has 1 aliphatic heterocycles. The fraction of sp³-hybridized carbons (Fsp3) is 0.143. The Balaban J connectivity index is 1.35. The second-order valence-electron chi connectivity index (χ2n) is 6.65. The van der Waals surface area contributed by atoms with Crippen LogP contribution in [0.25, 0.3) is 20.3 Å². The van der Waals surface area contributed by atoms with E-state index >= 15 is 0 Å². The number of thiazole rings is 1. The number of hydrogen-bond acceptors (Lipinski definition) is 7. The molecule has 0 spiro atoms. The van der Waals surface area contributed by atoms with Crippen molar-refractivity contribution in [3.63, 3.8) is 0 Å². The van der Waals surface area contributed by atoms with Gasteiger partial charge in [-0.3, -0.25) is 19.3 Å². The van der Waals surface area contributed by atoms with E-state index in [1.165, 1.54) is 0 Å². The molecule has 0 bridgehead atoms. The molecule has 0 saturated carbocycles. The fourth-order valence-electron chi connectivity index (χ4n) is 3.49. The summed E-state index contributed by atoms with van der Waals surface area (Å²) in [7, 11) is 0. The van der Waals surface area contributed by atoms with Gasteiger partial charge in [0.05, 0.1) is 37.5 Å². The number of fused-ring (bicyclic) bond motifs is 4. The second-order valence-corrected chi connectivity index (χ2v) is 8.80. The van der Waals surface area contributed by atoms with Crippen molar-refractivity contribution in [3.05, 3.63) is 57.9 Å². The Labute approximate surface area is 173 Å². The van der Waals surface area contributed by atoms with Crippen molar-refractivity contribution in [1.29, 1.82) is 0 Å². The molecule has 0 aliphatic carbocycles. The van der Waals surface area contributed by atoms with Crippen LogP contribution in [0.15, 0.2) is 41.8 Å².